The maximum Gasteiger partial charge on any atom is 0.239 e. The minimum absolute atomic E-state index is 0.0188. The van der Waals surface area contributed by atoms with E-state index in [9.17, 15) is 4.79 Å². The second kappa shape index (κ2) is 6.98. The molecule has 0 aliphatic rings. The number of anilines is 2. The van der Waals surface area contributed by atoms with Gasteiger partial charge in [0, 0.05) is 6.54 Å². The zero-order chi connectivity index (χ0) is 15.3. The van der Waals surface area contributed by atoms with Gasteiger partial charge in [-0.15, -0.1) is 0 Å². The van der Waals surface area contributed by atoms with Crippen molar-refractivity contribution in [3.05, 3.63) is 12.1 Å². The Bertz CT molecular complexity index is 460. The Morgan fingerprint density at radius 2 is 2.00 bits per heavy atom. The summed E-state index contributed by atoms with van der Waals surface area (Å²) < 4.78 is 5.57. The van der Waals surface area contributed by atoms with Crippen molar-refractivity contribution in [2.75, 3.05) is 23.7 Å². The molecule has 0 bridgehead atoms. The van der Waals surface area contributed by atoms with Crippen LogP contribution in [0.15, 0.2) is 12.1 Å². The Morgan fingerprint density at radius 3 is 2.50 bits per heavy atom. The highest BCUT2D eigenvalue weighted by Gasteiger charge is 2.15. The van der Waals surface area contributed by atoms with Crippen molar-refractivity contribution in [1.29, 1.82) is 0 Å². The van der Waals surface area contributed by atoms with Gasteiger partial charge in [0.15, 0.2) is 0 Å². The first kappa shape index (κ1) is 16.1. The fourth-order valence-corrected chi connectivity index (χ4v) is 1.80. The number of rotatable bonds is 7. The molecule has 0 fully saturated rings. The third kappa shape index (κ3) is 4.95. The molecule has 1 aromatic rings. The quantitative estimate of drug-likeness (QED) is 0.787. The topological polar surface area (TPSA) is 94.5 Å². The molecule has 1 aromatic heterocycles. The normalized spacial score (nSPS) is 10.9. The smallest absolute Gasteiger partial charge is 0.239 e. The molecule has 1 heterocycles. The molecule has 4 N–H and O–H groups in total. The third-order valence-corrected chi connectivity index (χ3v) is 2.48. The number of amides is 1. The molecule has 6 nitrogen and oxygen atoms in total. The predicted molar refractivity (Wildman–Crippen MR) is 80.7 cm³/mol. The average Bonchev–Trinajstić information content (AvgIpc) is 2.29. The Labute approximate surface area is 120 Å². The average molecular weight is 280 g/mol. The van der Waals surface area contributed by atoms with Crippen LogP contribution in [-0.2, 0) is 4.79 Å². The fourth-order valence-electron chi connectivity index (χ4n) is 1.80. The second-order valence-corrected chi connectivity index (χ2v) is 5.47. The lowest BCUT2D eigenvalue weighted by Gasteiger charge is -2.25. The van der Waals surface area contributed by atoms with E-state index in [0.29, 0.717) is 29.8 Å². The number of primary amides is 1. The summed E-state index contributed by atoms with van der Waals surface area (Å²) in [7, 11) is 0. The molecule has 0 atom stereocenters. The summed E-state index contributed by atoms with van der Waals surface area (Å²) in [4.78, 5) is 17.4. The first-order valence-electron chi connectivity index (χ1n) is 6.76. The van der Waals surface area contributed by atoms with Crippen LogP contribution in [0.25, 0.3) is 0 Å². The lowest BCUT2D eigenvalue weighted by molar-refractivity contribution is -0.116. The van der Waals surface area contributed by atoms with Gasteiger partial charge in [-0.1, -0.05) is 13.8 Å². The van der Waals surface area contributed by atoms with E-state index in [1.165, 1.54) is 0 Å². The van der Waals surface area contributed by atoms with Crippen LogP contribution in [0.1, 0.15) is 27.7 Å². The molecule has 0 saturated carbocycles. The van der Waals surface area contributed by atoms with Crippen molar-refractivity contribution < 1.29 is 9.53 Å². The number of hydrogen-bond acceptors (Lipinski definition) is 5. The van der Waals surface area contributed by atoms with Crippen molar-refractivity contribution in [1.82, 2.24) is 4.98 Å². The number of ether oxygens (including phenoxy) is 1. The number of carbonyl (C=O) groups excluding carboxylic acids is 1. The molecule has 0 saturated heterocycles. The molecule has 1 rings (SSSR count). The molecule has 0 spiro atoms. The lowest BCUT2D eigenvalue weighted by Crippen LogP contribution is -2.36. The van der Waals surface area contributed by atoms with Gasteiger partial charge in [0.1, 0.15) is 5.82 Å². The molecule has 112 valence electrons. The molecule has 1 amide bonds. The highest BCUT2D eigenvalue weighted by Crippen LogP contribution is 2.24. The SMILES string of the molecule is CC(C)CN(CC(N)=O)c1ccc(N)c(OC(C)C)n1. The number of pyridine rings is 1. The van der Waals surface area contributed by atoms with E-state index in [4.69, 9.17) is 16.2 Å². The number of nitrogens with zero attached hydrogens (tertiary/aromatic N) is 2. The molecule has 0 unspecified atom stereocenters. The van der Waals surface area contributed by atoms with Gasteiger partial charge in [0.25, 0.3) is 0 Å². The second-order valence-electron chi connectivity index (χ2n) is 5.47. The summed E-state index contributed by atoms with van der Waals surface area (Å²) >= 11 is 0. The van der Waals surface area contributed by atoms with E-state index in [1.54, 1.807) is 12.1 Å². The van der Waals surface area contributed by atoms with Crippen LogP contribution in [0.3, 0.4) is 0 Å². The summed E-state index contributed by atoms with van der Waals surface area (Å²) in [5.41, 5.74) is 11.6. The Hall–Kier alpha value is -1.98. The van der Waals surface area contributed by atoms with Gasteiger partial charge in [0.05, 0.1) is 18.3 Å². The van der Waals surface area contributed by atoms with E-state index in [1.807, 2.05) is 18.7 Å². The molecule has 0 aliphatic heterocycles. The zero-order valence-electron chi connectivity index (χ0n) is 12.6. The van der Waals surface area contributed by atoms with Crippen molar-refractivity contribution in [2.45, 2.75) is 33.8 Å². The van der Waals surface area contributed by atoms with Crippen LogP contribution in [0, 0.1) is 5.92 Å². The van der Waals surface area contributed by atoms with Crippen molar-refractivity contribution in [2.24, 2.45) is 11.7 Å². The van der Waals surface area contributed by atoms with E-state index < -0.39 is 5.91 Å². The highest BCUT2D eigenvalue weighted by molar-refractivity contribution is 5.79. The predicted octanol–water partition coefficient (Wildman–Crippen LogP) is 1.40. The zero-order valence-corrected chi connectivity index (χ0v) is 12.6. The van der Waals surface area contributed by atoms with Gasteiger partial charge in [-0.2, -0.15) is 4.98 Å². The molecular formula is C14H24N4O2. The Balaban J connectivity index is 3.03. The van der Waals surface area contributed by atoms with Gasteiger partial charge in [-0.05, 0) is 31.9 Å². The molecule has 20 heavy (non-hydrogen) atoms. The number of nitrogen functional groups attached to an aromatic ring is 1. The monoisotopic (exact) mass is 280 g/mol. The van der Waals surface area contributed by atoms with Gasteiger partial charge in [-0.25, -0.2) is 0 Å². The van der Waals surface area contributed by atoms with E-state index in [2.05, 4.69) is 18.8 Å². The van der Waals surface area contributed by atoms with E-state index in [0.717, 1.165) is 0 Å². The minimum Gasteiger partial charge on any atom is -0.473 e. The van der Waals surface area contributed by atoms with Gasteiger partial charge in [0.2, 0.25) is 11.8 Å². The van der Waals surface area contributed by atoms with Crippen LogP contribution in [-0.4, -0.2) is 30.1 Å². The molecule has 6 heteroatoms. The first-order chi connectivity index (χ1) is 9.29. The number of carbonyl (C=O) groups is 1. The Morgan fingerprint density at radius 1 is 1.35 bits per heavy atom. The van der Waals surface area contributed by atoms with Crippen LogP contribution in [0.2, 0.25) is 0 Å². The largest absolute Gasteiger partial charge is 0.473 e. The standard InChI is InChI=1S/C14H24N4O2/c1-9(2)7-18(8-12(16)19)13-6-5-11(15)14(17-13)20-10(3)4/h5-6,9-10H,7-8,15H2,1-4H3,(H2,16,19). The maximum atomic E-state index is 11.2. The molecular weight excluding hydrogens is 256 g/mol. The number of hydrogen-bond donors (Lipinski definition) is 2. The summed E-state index contributed by atoms with van der Waals surface area (Å²) in [6.07, 6.45) is -0.0188. The number of nitrogens with two attached hydrogens (primary N) is 2. The van der Waals surface area contributed by atoms with Gasteiger partial charge < -0.3 is 21.1 Å². The molecule has 0 radical (unpaired) electrons. The van der Waals surface area contributed by atoms with Crippen molar-refractivity contribution in [3.63, 3.8) is 0 Å². The third-order valence-electron chi connectivity index (χ3n) is 2.48. The maximum absolute atomic E-state index is 11.2. The van der Waals surface area contributed by atoms with Gasteiger partial charge >= 0.3 is 0 Å². The summed E-state index contributed by atoms with van der Waals surface area (Å²) in [6, 6.07) is 3.50. The fraction of sp³-hybridized carbons (Fsp3) is 0.571. The van der Waals surface area contributed by atoms with Crippen molar-refractivity contribution >= 4 is 17.4 Å². The summed E-state index contributed by atoms with van der Waals surface area (Å²) in [5.74, 6) is 1.01. The van der Waals surface area contributed by atoms with Gasteiger partial charge in [-0.3, -0.25) is 4.79 Å². The van der Waals surface area contributed by atoms with Crippen molar-refractivity contribution in [3.8, 4) is 5.88 Å². The molecule has 0 aromatic carbocycles. The van der Waals surface area contributed by atoms with E-state index >= 15 is 0 Å². The Kier molecular flexibility index (Phi) is 5.61. The van der Waals surface area contributed by atoms with Crippen LogP contribution in [0.4, 0.5) is 11.5 Å². The number of aromatic nitrogens is 1. The summed E-state index contributed by atoms with van der Waals surface area (Å²) in [5, 5.41) is 0. The van der Waals surface area contributed by atoms with Crippen LogP contribution in [0.5, 0.6) is 5.88 Å². The minimum atomic E-state index is -0.393. The van der Waals surface area contributed by atoms with E-state index in [-0.39, 0.29) is 12.6 Å². The molecule has 0 aliphatic carbocycles. The highest BCUT2D eigenvalue weighted by atomic mass is 16.5. The lowest BCUT2D eigenvalue weighted by atomic mass is 10.2. The summed E-state index contributed by atoms with van der Waals surface area (Å²) in [6.45, 7) is 8.75. The van der Waals surface area contributed by atoms with Crippen LogP contribution >= 0.6 is 0 Å². The van der Waals surface area contributed by atoms with Crippen LogP contribution < -0.4 is 21.1 Å². The first-order valence-corrected chi connectivity index (χ1v) is 6.76.